The molecule has 1 fully saturated rings. The first-order valence-corrected chi connectivity index (χ1v) is 6.72. The maximum Gasteiger partial charge on any atom is 0.108 e. The molecule has 1 saturated carbocycles. The van der Waals surface area contributed by atoms with Crippen LogP contribution in [0.3, 0.4) is 0 Å². The molecule has 0 aromatic carbocycles. The van der Waals surface area contributed by atoms with Crippen LogP contribution >= 0.6 is 0 Å². The van der Waals surface area contributed by atoms with Gasteiger partial charge in [-0.25, -0.2) is 4.39 Å². The van der Waals surface area contributed by atoms with Gasteiger partial charge in [0, 0.05) is 0 Å². The molecular weight excluding hydrogens is 223 g/mol. The highest BCUT2D eigenvalue weighted by molar-refractivity contribution is 5.40. The summed E-state index contributed by atoms with van der Waals surface area (Å²) in [6.45, 7) is 13.6. The van der Waals surface area contributed by atoms with E-state index in [1.165, 1.54) is 5.57 Å². The van der Waals surface area contributed by atoms with Crippen LogP contribution < -0.4 is 0 Å². The van der Waals surface area contributed by atoms with Crippen molar-refractivity contribution in [3.63, 3.8) is 0 Å². The Labute approximate surface area is 111 Å². The summed E-state index contributed by atoms with van der Waals surface area (Å²) in [5.74, 6) is 0.451. The number of hydrogen-bond donors (Lipinski definition) is 0. The van der Waals surface area contributed by atoms with Crippen LogP contribution in [0.4, 0.5) is 4.39 Å². The van der Waals surface area contributed by atoms with E-state index in [1.54, 1.807) is 6.92 Å². The molecule has 0 spiro atoms. The van der Waals surface area contributed by atoms with Crippen LogP contribution in [0, 0.1) is 5.92 Å². The minimum atomic E-state index is -0.964. The largest absolute Gasteiger partial charge is 0.244 e. The highest BCUT2D eigenvalue weighted by atomic mass is 19.1. The summed E-state index contributed by atoms with van der Waals surface area (Å²) in [5, 5.41) is 0. The summed E-state index contributed by atoms with van der Waals surface area (Å²) < 4.78 is 13.8. The van der Waals surface area contributed by atoms with Crippen molar-refractivity contribution in [1.82, 2.24) is 0 Å². The standard InChI is InChI=1S/C17H25F/c1-6-14(11-16(7-2)13(3)4)10-15-8-9-17(5,18)12-15/h6-7,11,15H,1,3,8-10,12H2,2,4-5H3/b14-11+,16-7+. The first kappa shape index (κ1) is 14.9. The third-order valence-electron chi connectivity index (χ3n) is 3.72. The van der Waals surface area contributed by atoms with E-state index in [0.29, 0.717) is 18.8 Å². The van der Waals surface area contributed by atoms with E-state index < -0.39 is 5.67 Å². The molecule has 1 aliphatic carbocycles. The molecule has 2 atom stereocenters. The van der Waals surface area contributed by atoms with Gasteiger partial charge in [-0.1, -0.05) is 37.0 Å². The number of hydrogen-bond acceptors (Lipinski definition) is 0. The van der Waals surface area contributed by atoms with E-state index in [4.69, 9.17) is 0 Å². The van der Waals surface area contributed by atoms with E-state index >= 15 is 0 Å². The predicted molar refractivity (Wildman–Crippen MR) is 78.3 cm³/mol. The van der Waals surface area contributed by atoms with Gasteiger partial charge >= 0.3 is 0 Å². The Hall–Kier alpha value is -1.11. The SMILES string of the molecule is C=C/C(=C\C(=C/C)C(=C)C)CC1CCC(C)(F)C1. The van der Waals surface area contributed by atoms with E-state index in [0.717, 1.165) is 24.0 Å². The van der Waals surface area contributed by atoms with Gasteiger partial charge in [0.2, 0.25) is 0 Å². The third-order valence-corrected chi connectivity index (χ3v) is 3.72. The summed E-state index contributed by atoms with van der Waals surface area (Å²) >= 11 is 0. The van der Waals surface area contributed by atoms with Crippen LogP contribution in [-0.4, -0.2) is 5.67 Å². The summed E-state index contributed by atoms with van der Waals surface area (Å²) in [7, 11) is 0. The van der Waals surface area contributed by atoms with Crippen LogP contribution in [0.25, 0.3) is 0 Å². The van der Waals surface area contributed by atoms with Gasteiger partial charge in [-0.15, -0.1) is 0 Å². The number of alkyl halides is 1. The number of halogens is 1. The molecule has 0 N–H and O–H groups in total. The Morgan fingerprint density at radius 1 is 1.50 bits per heavy atom. The molecule has 0 heterocycles. The molecule has 0 aromatic rings. The average Bonchev–Trinajstić information content (AvgIpc) is 2.63. The molecule has 0 radical (unpaired) electrons. The zero-order valence-corrected chi connectivity index (χ0v) is 11.9. The molecule has 100 valence electrons. The third kappa shape index (κ3) is 4.29. The van der Waals surface area contributed by atoms with Crippen molar-refractivity contribution < 1.29 is 4.39 Å². The quantitative estimate of drug-likeness (QED) is 0.560. The lowest BCUT2D eigenvalue weighted by Crippen LogP contribution is -2.11. The molecule has 18 heavy (non-hydrogen) atoms. The van der Waals surface area contributed by atoms with Gasteiger partial charge in [0.1, 0.15) is 5.67 Å². The molecule has 1 aliphatic rings. The van der Waals surface area contributed by atoms with E-state index in [1.807, 2.05) is 19.9 Å². The van der Waals surface area contributed by atoms with Gasteiger partial charge in [0.05, 0.1) is 0 Å². The Morgan fingerprint density at radius 3 is 2.56 bits per heavy atom. The van der Waals surface area contributed by atoms with Gasteiger partial charge in [-0.2, -0.15) is 0 Å². The topological polar surface area (TPSA) is 0 Å². The zero-order chi connectivity index (χ0) is 13.8. The Morgan fingerprint density at radius 2 is 2.17 bits per heavy atom. The van der Waals surface area contributed by atoms with Crippen molar-refractivity contribution in [2.75, 3.05) is 0 Å². The molecule has 2 unspecified atom stereocenters. The zero-order valence-electron chi connectivity index (χ0n) is 11.9. The lowest BCUT2D eigenvalue weighted by atomic mass is 9.94. The van der Waals surface area contributed by atoms with Gasteiger partial charge < -0.3 is 0 Å². The highest BCUT2D eigenvalue weighted by Crippen LogP contribution is 2.40. The average molecular weight is 248 g/mol. The molecule has 0 aromatic heterocycles. The maximum atomic E-state index is 13.8. The lowest BCUT2D eigenvalue weighted by Gasteiger charge is -2.14. The molecule has 0 bridgehead atoms. The van der Waals surface area contributed by atoms with E-state index in [-0.39, 0.29) is 0 Å². The van der Waals surface area contributed by atoms with Crippen LogP contribution in [0.1, 0.15) is 46.5 Å². The normalized spacial score (nSPS) is 29.4. The molecule has 0 aliphatic heterocycles. The molecular formula is C17H25F. The Kier molecular flexibility index (Phi) is 5.13. The number of allylic oxidation sites excluding steroid dienone is 6. The predicted octanol–water partition coefficient (Wildman–Crippen LogP) is 5.54. The second-order valence-corrected chi connectivity index (χ2v) is 5.67. The molecule has 1 rings (SSSR count). The van der Waals surface area contributed by atoms with Crippen molar-refractivity contribution in [3.05, 3.63) is 48.1 Å². The van der Waals surface area contributed by atoms with Crippen molar-refractivity contribution in [1.29, 1.82) is 0 Å². The summed E-state index contributed by atoms with van der Waals surface area (Å²) in [6.07, 6.45) is 9.35. The number of rotatable bonds is 5. The van der Waals surface area contributed by atoms with E-state index in [9.17, 15) is 4.39 Å². The second-order valence-electron chi connectivity index (χ2n) is 5.67. The van der Waals surface area contributed by atoms with Gasteiger partial charge in [-0.3, -0.25) is 0 Å². The fourth-order valence-corrected chi connectivity index (χ4v) is 2.67. The van der Waals surface area contributed by atoms with Crippen molar-refractivity contribution in [2.45, 2.75) is 52.1 Å². The van der Waals surface area contributed by atoms with Crippen LogP contribution in [0.5, 0.6) is 0 Å². The first-order valence-electron chi connectivity index (χ1n) is 6.72. The van der Waals surface area contributed by atoms with Crippen LogP contribution in [0.15, 0.2) is 48.1 Å². The maximum absolute atomic E-state index is 13.8. The smallest absolute Gasteiger partial charge is 0.108 e. The Balaban J connectivity index is 2.71. The summed E-state index contributed by atoms with van der Waals surface area (Å²) in [4.78, 5) is 0. The minimum Gasteiger partial charge on any atom is -0.244 e. The fraction of sp³-hybridized carbons (Fsp3) is 0.529. The first-order chi connectivity index (χ1) is 8.38. The van der Waals surface area contributed by atoms with E-state index in [2.05, 4.69) is 25.3 Å². The lowest BCUT2D eigenvalue weighted by molar-refractivity contribution is 0.192. The van der Waals surface area contributed by atoms with Gasteiger partial charge in [-0.05, 0) is 63.5 Å². The van der Waals surface area contributed by atoms with Crippen molar-refractivity contribution >= 4 is 0 Å². The summed E-state index contributed by atoms with van der Waals surface area (Å²) in [6, 6.07) is 0. The monoisotopic (exact) mass is 248 g/mol. The van der Waals surface area contributed by atoms with Crippen LogP contribution in [-0.2, 0) is 0 Å². The highest BCUT2D eigenvalue weighted by Gasteiger charge is 2.34. The fourth-order valence-electron chi connectivity index (χ4n) is 2.67. The minimum absolute atomic E-state index is 0.451. The molecule has 1 heteroatoms. The summed E-state index contributed by atoms with van der Waals surface area (Å²) in [5.41, 5.74) is 2.42. The van der Waals surface area contributed by atoms with Crippen LogP contribution in [0.2, 0.25) is 0 Å². The van der Waals surface area contributed by atoms with Crippen molar-refractivity contribution in [3.8, 4) is 0 Å². The van der Waals surface area contributed by atoms with Gasteiger partial charge in [0.25, 0.3) is 0 Å². The van der Waals surface area contributed by atoms with Crippen molar-refractivity contribution in [2.24, 2.45) is 5.92 Å². The van der Waals surface area contributed by atoms with Gasteiger partial charge in [0.15, 0.2) is 0 Å². The molecule has 0 amide bonds. The second kappa shape index (κ2) is 6.17. The molecule has 0 nitrogen and oxygen atoms in total. The molecule has 0 saturated heterocycles. The Bertz CT molecular complexity index is 382.